The first-order chi connectivity index (χ1) is 14.1. The van der Waals surface area contributed by atoms with Gasteiger partial charge in [-0.15, -0.1) is 0 Å². The maximum Gasteiger partial charge on any atom is 0.258 e. The summed E-state index contributed by atoms with van der Waals surface area (Å²) in [6.45, 7) is 10.3. The summed E-state index contributed by atoms with van der Waals surface area (Å²) in [5.41, 5.74) is 3.91. The molecule has 0 spiro atoms. The molecule has 0 radical (unpaired) electrons. The molecule has 0 amide bonds. The van der Waals surface area contributed by atoms with Crippen LogP contribution >= 0.6 is 0 Å². The van der Waals surface area contributed by atoms with Gasteiger partial charge in [0.15, 0.2) is 0 Å². The average Bonchev–Trinajstić information content (AvgIpc) is 2.72. The molecule has 1 aliphatic heterocycles. The number of piperazine rings is 1. The minimum absolute atomic E-state index is 0.0113. The topological polar surface area (TPSA) is 50.1 Å². The van der Waals surface area contributed by atoms with E-state index < -0.39 is 0 Å². The van der Waals surface area contributed by atoms with Crippen LogP contribution in [0.3, 0.4) is 0 Å². The monoisotopic (exact) mass is 392 g/mol. The van der Waals surface area contributed by atoms with Gasteiger partial charge in [-0.25, -0.2) is 4.98 Å². The Balaban J connectivity index is 1.33. The lowest BCUT2D eigenvalue weighted by atomic mass is 10.2. The maximum atomic E-state index is 12.4. The van der Waals surface area contributed by atoms with Crippen LogP contribution < -0.4 is 10.3 Å². The van der Waals surface area contributed by atoms with Gasteiger partial charge in [-0.05, 0) is 43.2 Å². The molecule has 152 valence electrons. The smallest absolute Gasteiger partial charge is 0.258 e. The van der Waals surface area contributed by atoms with Crippen LogP contribution in [0.1, 0.15) is 23.7 Å². The number of rotatable bonds is 6. The van der Waals surface area contributed by atoms with Crippen molar-refractivity contribution in [2.75, 3.05) is 32.8 Å². The Hall–Kier alpha value is -2.70. The molecule has 4 rings (SSSR count). The molecule has 0 atom stereocenters. The second-order valence-corrected chi connectivity index (χ2v) is 7.65. The Bertz CT molecular complexity index is 1020. The zero-order chi connectivity index (χ0) is 20.2. The maximum absolute atomic E-state index is 12.4. The number of hydrogen-bond acceptors (Lipinski definition) is 5. The van der Waals surface area contributed by atoms with E-state index in [0.29, 0.717) is 12.3 Å². The molecule has 1 fully saturated rings. The fourth-order valence-corrected chi connectivity index (χ4v) is 3.79. The van der Waals surface area contributed by atoms with Crippen LogP contribution in [0.4, 0.5) is 0 Å². The number of pyridine rings is 1. The largest absolute Gasteiger partial charge is 0.494 e. The Morgan fingerprint density at radius 2 is 1.66 bits per heavy atom. The van der Waals surface area contributed by atoms with E-state index in [0.717, 1.165) is 56.3 Å². The predicted molar refractivity (Wildman–Crippen MR) is 114 cm³/mol. The average molecular weight is 393 g/mol. The molecule has 1 aromatic carbocycles. The van der Waals surface area contributed by atoms with Crippen LogP contribution in [-0.4, -0.2) is 52.0 Å². The first-order valence-corrected chi connectivity index (χ1v) is 10.3. The third-order valence-electron chi connectivity index (χ3n) is 5.35. The Morgan fingerprint density at radius 3 is 2.34 bits per heavy atom. The first-order valence-electron chi connectivity index (χ1n) is 10.3. The van der Waals surface area contributed by atoms with Gasteiger partial charge in [0.2, 0.25) is 0 Å². The van der Waals surface area contributed by atoms with E-state index >= 15 is 0 Å². The standard InChI is InChI=1S/C23H28N4O2/c1-3-29-21-7-5-19(6-8-21)16-25-10-12-26(13-11-25)17-20-14-23(28)27-15-18(2)4-9-22(27)24-20/h4-9,14-15H,3,10-13,16-17H2,1-2H3. The molecule has 0 aliphatic carbocycles. The Morgan fingerprint density at radius 1 is 0.966 bits per heavy atom. The highest BCUT2D eigenvalue weighted by Crippen LogP contribution is 2.15. The molecular weight excluding hydrogens is 364 g/mol. The number of aromatic nitrogens is 2. The molecule has 29 heavy (non-hydrogen) atoms. The van der Waals surface area contributed by atoms with Gasteiger partial charge in [0.25, 0.3) is 5.56 Å². The number of nitrogens with zero attached hydrogens (tertiary/aromatic N) is 4. The van der Waals surface area contributed by atoms with Crippen LogP contribution in [0, 0.1) is 6.92 Å². The fraction of sp³-hybridized carbons (Fsp3) is 0.391. The number of ether oxygens (including phenoxy) is 1. The summed E-state index contributed by atoms with van der Waals surface area (Å²) in [4.78, 5) is 21.9. The SMILES string of the molecule is CCOc1ccc(CN2CCN(Cc3cc(=O)n4cc(C)ccc4n3)CC2)cc1. The summed E-state index contributed by atoms with van der Waals surface area (Å²) in [5.74, 6) is 0.926. The Kier molecular flexibility index (Phi) is 5.92. The summed E-state index contributed by atoms with van der Waals surface area (Å²) < 4.78 is 7.13. The second kappa shape index (κ2) is 8.76. The second-order valence-electron chi connectivity index (χ2n) is 7.65. The van der Waals surface area contributed by atoms with Crippen LogP contribution in [0.5, 0.6) is 5.75 Å². The highest BCUT2D eigenvalue weighted by atomic mass is 16.5. The molecule has 0 N–H and O–H groups in total. The van der Waals surface area contributed by atoms with Crippen molar-refractivity contribution in [3.63, 3.8) is 0 Å². The zero-order valence-corrected chi connectivity index (χ0v) is 17.2. The van der Waals surface area contributed by atoms with E-state index in [-0.39, 0.29) is 5.56 Å². The van der Waals surface area contributed by atoms with Crippen LogP contribution in [0.2, 0.25) is 0 Å². The minimum Gasteiger partial charge on any atom is -0.494 e. The van der Waals surface area contributed by atoms with Gasteiger partial charge in [0.1, 0.15) is 11.4 Å². The summed E-state index contributed by atoms with van der Waals surface area (Å²) >= 11 is 0. The third-order valence-corrected chi connectivity index (χ3v) is 5.35. The molecule has 0 saturated carbocycles. The van der Waals surface area contributed by atoms with Gasteiger partial charge in [0, 0.05) is 51.5 Å². The number of hydrogen-bond donors (Lipinski definition) is 0. The lowest BCUT2D eigenvalue weighted by Gasteiger charge is -2.34. The highest BCUT2D eigenvalue weighted by Gasteiger charge is 2.18. The van der Waals surface area contributed by atoms with Crippen molar-refractivity contribution < 1.29 is 4.74 Å². The van der Waals surface area contributed by atoms with Gasteiger partial charge in [-0.3, -0.25) is 19.0 Å². The van der Waals surface area contributed by atoms with Gasteiger partial charge in [-0.1, -0.05) is 18.2 Å². The van der Waals surface area contributed by atoms with Crippen LogP contribution in [0.15, 0.2) is 53.5 Å². The molecule has 3 heterocycles. The Labute approximate surface area is 171 Å². The van der Waals surface area contributed by atoms with Crippen LogP contribution in [0.25, 0.3) is 5.65 Å². The van der Waals surface area contributed by atoms with Crippen molar-refractivity contribution >= 4 is 5.65 Å². The van der Waals surface area contributed by atoms with Crippen molar-refractivity contribution in [2.45, 2.75) is 26.9 Å². The van der Waals surface area contributed by atoms with Crippen molar-refractivity contribution in [1.29, 1.82) is 0 Å². The number of fused-ring (bicyclic) bond motifs is 1. The van der Waals surface area contributed by atoms with E-state index in [1.165, 1.54) is 5.56 Å². The quantitative estimate of drug-likeness (QED) is 0.646. The number of benzene rings is 1. The van der Waals surface area contributed by atoms with E-state index in [1.807, 2.05) is 44.3 Å². The van der Waals surface area contributed by atoms with Crippen LogP contribution in [-0.2, 0) is 13.1 Å². The first kappa shape index (κ1) is 19.6. The predicted octanol–water partition coefficient (Wildman–Crippen LogP) is 2.72. The van der Waals surface area contributed by atoms with Crippen molar-refractivity contribution in [3.05, 3.63) is 75.8 Å². The van der Waals surface area contributed by atoms with Gasteiger partial charge < -0.3 is 4.74 Å². The summed E-state index contributed by atoms with van der Waals surface area (Å²) in [5, 5.41) is 0. The molecule has 0 bridgehead atoms. The highest BCUT2D eigenvalue weighted by molar-refractivity contribution is 5.39. The van der Waals surface area contributed by atoms with Crippen molar-refractivity contribution in [1.82, 2.24) is 19.2 Å². The lowest BCUT2D eigenvalue weighted by molar-refractivity contribution is 0.121. The lowest BCUT2D eigenvalue weighted by Crippen LogP contribution is -2.45. The molecular formula is C23H28N4O2. The molecule has 0 unspecified atom stereocenters. The number of aryl methyl sites for hydroxylation is 1. The van der Waals surface area contributed by atoms with E-state index in [2.05, 4.69) is 26.9 Å². The fourth-order valence-electron chi connectivity index (χ4n) is 3.79. The minimum atomic E-state index is -0.0113. The molecule has 1 aliphatic rings. The summed E-state index contributed by atoms with van der Waals surface area (Å²) in [6, 6.07) is 13.9. The van der Waals surface area contributed by atoms with E-state index in [4.69, 9.17) is 4.74 Å². The van der Waals surface area contributed by atoms with Crippen molar-refractivity contribution in [2.24, 2.45) is 0 Å². The van der Waals surface area contributed by atoms with E-state index in [1.54, 1.807) is 10.5 Å². The van der Waals surface area contributed by atoms with Gasteiger partial charge in [0.05, 0.1) is 12.3 Å². The summed E-state index contributed by atoms with van der Waals surface area (Å²) in [7, 11) is 0. The molecule has 2 aromatic heterocycles. The molecule has 6 nitrogen and oxygen atoms in total. The normalized spacial score (nSPS) is 15.7. The molecule has 1 saturated heterocycles. The zero-order valence-electron chi connectivity index (χ0n) is 17.2. The molecule has 3 aromatic rings. The van der Waals surface area contributed by atoms with Gasteiger partial charge >= 0.3 is 0 Å². The van der Waals surface area contributed by atoms with Crippen molar-refractivity contribution in [3.8, 4) is 5.75 Å². The molecule has 6 heteroatoms. The third kappa shape index (κ3) is 4.83. The van der Waals surface area contributed by atoms with Gasteiger partial charge in [-0.2, -0.15) is 0 Å². The summed E-state index contributed by atoms with van der Waals surface area (Å²) in [6.07, 6.45) is 1.84. The van der Waals surface area contributed by atoms with E-state index in [9.17, 15) is 4.79 Å².